The molecule has 0 aromatic heterocycles. The van der Waals surface area contributed by atoms with Crippen molar-refractivity contribution in [2.75, 3.05) is 7.11 Å². The highest BCUT2D eigenvalue weighted by atomic mass is 16.5. The molecule has 0 saturated heterocycles. The minimum absolute atomic E-state index is 0.0598. The third-order valence-corrected chi connectivity index (χ3v) is 2.09. The Balaban J connectivity index is 3.24. The molecule has 1 aromatic rings. The average Bonchev–Trinajstić information content (AvgIpc) is 2.21. The second kappa shape index (κ2) is 4.11. The molecule has 0 spiro atoms. The molecule has 14 heavy (non-hydrogen) atoms. The Hall–Kier alpha value is -1.55. The molecule has 2 N–H and O–H groups in total. The summed E-state index contributed by atoms with van der Waals surface area (Å²) in [4.78, 5) is 11.2. The molecular formula is C10H12O4. The molecule has 0 atom stereocenters. The molecule has 4 nitrogen and oxygen atoms in total. The lowest BCUT2D eigenvalue weighted by Gasteiger charge is -2.08. The molecule has 0 aliphatic heterocycles. The van der Waals surface area contributed by atoms with Crippen LogP contribution in [0.2, 0.25) is 0 Å². The average molecular weight is 196 g/mol. The van der Waals surface area contributed by atoms with Crippen molar-refractivity contribution in [3.8, 4) is 5.75 Å². The van der Waals surface area contributed by atoms with Crippen molar-refractivity contribution >= 4 is 5.97 Å². The summed E-state index contributed by atoms with van der Waals surface area (Å²) in [5.41, 5.74) is 1.13. The van der Waals surface area contributed by atoms with Crippen molar-refractivity contribution in [2.45, 2.75) is 13.5 Å². The van der Waals surface area contributed by atoms with Gasteiger partial charge in [0.1, 0.15) is 5.75 Å². The van der Waals surface area contributed by atoms with Crippen molar-refractivity contribution in [2.24, 2.45) is 0 Å². The van der Waals surface area contributed by atoms with Gasteiger partial charge in [0.2, 0.25) is 0 Å². The summed E-state index contributed by atoms with van der Waals surface area (Å²) in [6.07, 6.45) is 0. The SMILES string of the molecule is COC(=O)c1ccc(CO)c(O)c1C. The summed E-state index contributed by atoms with van der Waals surface area (Å²) in [6.45, 7) is 1.34. The van der Waals surface area contributed by atoms with Gasteiger partial charge in [0.25, 0.3) is 0 Å². The standard InChI is InChI=1S/C10H12O4/c1-6-8(10(13)14-2)4-3-7(5-11)9(6)12/h3-4,11-12H,5H2,1-2H3. The lowest BCUT2D eigenvalue weighted by molar-refractivity contribution is 0.0599. The number of phenols is 1. The predicted molar refractivity (Wildman–Crippen MR) is 50.1 cm³/mol. The van der Waals surface area contributed by atoms with Gasteiger partial charge in [-0.1, -0.05) is 6.07 Å². The number of aliphatic hydroxyl groups is 1. The summed E-state index contributed by atoms with van der Waals surface area (Å²) in [5.74, 6) is -0.558. The molecule has 0 radical (unpaired) electrons. The van der Waals surface area contributed by atoms with E-state index in [1.165, 1.54) is 19.2 Å². The lowest BCUT2D eigenvalue weighted by Crippen LogP contribution is -2.04. The number of aliphatic hydroxyl groups excluding tert-OH is 1. The second-order valence-electron chi connectivity index (χ2n) is 2.90. The zero-order valence-corrected chi connectivity index (χ0v) is 8.07. The van der Waals surface area contributed by atoms with E-state index in [-0.39, 0.29) is 12.4 Å². The molecule has 0 fully saturated rings. The van der Waals surface area contributed by atoms with Crippen molar-refractivity contribution in [1.29, 1.82) is 0 Å². The number of aromatic hydroxyl groups is 1. The lowest BCUT2D eigenvalue weighted by atomic mass is 10.0. The smallest absolute Gasteiger partial charge is 0.338 e. The van der Waals surface area contributed by atoms with E-state index < -0.39 is 5.97 Å². The van der Waals surface area contributed by atoms with E-state index in [4.69, 9.17) is 5.11 Å². The Labute approximate surface area is 81.8 Å². The summed E-state index contributed by atoms with van der Waals surface area (Å²) >= 11 is 0. The zero-order chi connectivity index (χ0) is 10.7. The van der Waals surface area contributed by atoms with Gasteiger partial charge in [-0.2, -0.15) is 0 Å². The highest BCUT2D eigenvalue weighted by molar-refractivity contribution is 5.91. The van der Waals surface area contributed by atoms with Crippen LogP contribution in [0.5, 0.6) is 5.75 Å². The summed E-state index contributed by atoms with van der Waals surface area (Å²) in [7, 11) is 1.28. The number of carbonyl (C=O) groups is 1. The molecule has 0 aliphatic carbocycles. The van der Waals surface area contributed by atoms with Gasteiger partial charge in [0, 0.05) is 11.1 Å². The monoisotopic (exact) mass is 196 g/mol. The normalized spacial score (nSPS) is 9.93. The van der Waals surface area contributed by atoms with Crippen LogP contribution in [0.1, 0.15) is 21.5 Å². The maximum Gasteiger partial charge on any atom is 0.338 e. The van der Waals surface area contributed by atoms with Crippen LogP contribution in [0.15, 0.2) is 12.1 Å². The number of carbonyl (C=O) groups excluding carboxylic acids is 1. The van der Waals surface area contributed by atoms with Crippen LogP contribution < -0.4 is 0 Å². The Bertz CT molecular complexity index is 357. The largest absolute Gasteiger partial charge is 0.507 e. The Morgan fingerprint density at radius 2 is 2.14 bits per heavy atom. The van der Waals surface area contributed by atoms with E-state index in [1.807, 2.05) is 0 Å². The first-order valence-electron chi connectivity index (χ1n) is 4.12. The first kappa shape index (κ1) is 10.5. The molecule has 0 saturated carbocycles. The number of hydrogen-bond acceptors (Lipinski definition) is 4. The predicted octanol–water partition coefficient (Wildman–Crippen LogP) is 0.980. The molecule has 0 amide bonds. The van der Waals surface area contributed by atoms with Crippen LogP contribution in [0.3, 0.4) is 0 Å². The van der Waals surface area contributed by atoms with Crippen LogP contribution in [0, 0.1) is 6.92 Å². The van der Waals surface area contributed by atoms with Crippen molar-refractivity contribution in [3.05, 3.63) is 28.8 Å². The molecule has 76 valence electrons. The van der Waals surface area contributed by atoms with Gasteiger partial charge in [-0.3, -0.25) is 0 Å². The van der Waals surface area contributed by atoms with Gasteiger partial charge >= 0.3 is 5.97 Å². The number of esters is 1. The second-order valence-corrected chi connectivity index (χ2v) is 2.90. The maximum absolute atomic E-state index is 11.2. The van der Waals surface area contributed by atoms with Crippen molar-refractivity contribution < 1.29 is 19.7 Å². The number of rotatable bonds is 2. The van der Waals surface area contributed by atoms with Crippen LogP contribution in [0.25, 0.3) is 0 Å². The molecule has 0 bridgehead atoms. The minimum atomic E-state index is -0.498. The Morgan fingerprint density at radius 1 is 1.50 bits per heavy atom. The highest BCUT2D eigenvalue weighted by Gasteiger charge is 2.14. The van der Waals surface area contributed by atoms with E-state index in [9.17, 15) is 9.90 Å². The van der Waals surface area contributed by atoms with Crippen LogP contribution >= 0.6 is 0 Å². The summed E-state index contributed by atoms with van der Waals surface area (Å²) in [5, 5.41) is 18.4. The fraction of sp³-hybridized carbons (Fsp3) is 0.300. The highest BCUT2D eigenvalue weighted by Crippen LogP contribution is 2.25. The molecule has 0 heterocycles. The number of hydrogen-bond donors (Lipinski definition) is 2. The van der Waals surface area contributed by atoms with Gasteiger partial charge in [0.05, 0.1) is 19.3 Å². The van der Waals surface area contributed by atoms with E-state index in [0.717, 1.165) is 0 Å². The number of methoxy groups -OCH3 is 1. The van der Waals surface area contributed by atoms with E-state index in [0.29, 0.717) is 16.7 Å². The van der Waals surface area contributed by atoms with Gasteiger partial charge in [0.15, 0.2) is 0 Å². The fourth-order valence-corrected chi connectivity index (χ4v) is 1.21. The minimum Gasteiger partial charge on any atom is -0.507 e. The quantitative estimate of drug-likeness (QED) is 0.692. The molecule has 0 aliphatic rings. The maximum atomic E-state index is 11.2. The fourth-order valence-electron chi connectivity index (χ4n) is 1.21. The van der Waals surface area contributed by atoms with E-state index >= 15 is 0 Å². The third kappa shape index (κ3) is 1.70. The molecular weight excluding hydrogens is 184 g/mol. The summed E-state index contributed by atoms with van der Waals surface area (Å²) in [6, 6.07) is 3.01. The van der Waals surface area contributed by atoms with Crippen molar-refractivity contribution in [1.82, 2.24) is 0 Å². The first-order chi connectivity index (χ1) is 6.61. The van der Waals surface area contributed by atoms with Gasteiger partial charge < -0.3 is 14.9 Å². The first-order valence-corrected chi connectivity index (χ1v) is 4.12. The van der Waals surface area contributed by atoms with Gasteiger partial charge in [-0.15, -0.1) is 0 Å². The Kier molecular flexibility index (Phi) is 3.09. The molecule has 0 unspecified atom stereocenters. The third-order valence-electron chi connectivity index (χ3n) is 2.09. The Morgan fingerprint density at radius 3 is 2.64 bits per heavy atom. The van der Waals surface area contributed by atoms with Crippen LogP contribution in [-0.2, 0) is 11.3 Å². The molecule has 1 aromatic carbocycles. The van der Waals surface area contributed by atoms with E-state index in [2.05, 4.69) is 4.74 Å². The molecule has 4 heteroatoms. The van der Waals surface area contributed by atoms with Gasteiger partial charge in [-0.25, -0.2) is 4.79 Å². The van der Waals surface area contributed by atoms with Crippen LogP contribution in [0.4, 0.5) is 0 Å². The number of ether oxygens (including phenoxy) is 1. The summed E-state index contributed by atoms with van der Waals surface area (Å²) < 4.78 is 4.53. The zero-order valence-electron chi connectivity index (χ0n) is 8.07. The number of benzene rings is 1. The van der Waals surface area contributed by atoms with E-state index in [1.54, 1.807) is 6.92 Å². The van der Waals surface area contributed by atoms with Crippen LogP contribution in [-0.4, -0.2) is 23.3 Å². The van der Waals surface area contributed by atoms with Crippen molar-refractivity contribution in [3.63, 3.8) is 0 Å². The topological polar surface area (TPSA) is 66.8 Å². The van der Waals surface area contributed by atoms with Gasteiger partial charge in [-0.05, 0) is 13.0 Å². The molecule has 1 rings (SSSR count).